The van der Waals surface area contributed by atoms with Crippen molar-refractivity contribution in [2.45, 2.75) is 19.2 Å². The van der Waals surface area contributed by atoms with Gasteiger partial charge in [-0.1, -0.05) is 6.58 Å². The molecule has 6 nitrogen and oxygen atoms in total. The fourth-order valence-corrected chi connectivity index (χ4v) is 0.599. The van der Waals surface area contributed by atoms with Crippen LogP contribution in [0, 0.1) is 0 Å². The molecule has 0 aromatic carbocycles. The van der Waals surface area contributed by atoms with Crippen molar-refractivity contribution >= 4 is 18.1 Å². The molecule has 0 N–H and O–H groups in total. The zero-order valence-electron chi connectivity index (χ0n) is 7.47. The van der Waals surface area contributed by atoms with Gasteiger partial charge in [-0.05, 0) is 6.92 Å². The second kappa shape index (κ2) is 6.48. The topological polar surface area (TPSA) is 85.2 Å². The Morgan fingerprint density at radius 1 is 1.43 bits per heavy atom. The Balaban J connectivity index is 4.57. The van der Waals surface area contributed by atoms with Crippen LogP contribution >= 0.6 is 0 Å². The van der Waals surface area contributed by atoms with Gasteiger partial charge in [-0.2, -0.15) is 9.98 Å². The quantitative estimate of drug-likeness (QED) is 0.270. The molecule has 0 heterocycles. The van der Waals surface area contributed by atoms with Crippen LogP contribution in [0.5, 0.6) is 0 Å². The average Bonchev–Trinajstić information content (AvgIpc) is 2.17. The van der Waals surface area contributed by atoms with Crippen molar-refractivity contribution in [1.82, 2.24) is 0 Å². The van der Waals surface area contributed by atoms with E-state index in [0.29, 0.717) is 0 Å². The maximum Gasteiger partial charge on any atom is 0.332 e. The molecule has 6 heteroatoms. The fourth-order valence-electron chi connectivity index (χ4n) is 0.599. The van der Waals surface area contributed by atoms with E-state index in [4.69, 9.17) is 0 Å². The fraction of sp³-hybridized carbons (Fsp3) is 0.375. The molecule has 0 spiro atoms. The molecular formula is C8H8N2O4. The Kier molecular flexibility index (Phi) is 5.54. The first-order chi connectivity index (χ1) is 6.65. The number of hydrogen-bond donors (Lipinski definition) is 0. The number of carbonyl (C=O) groups is 1. The maximum atomic E-state index is 10.7. The first-order valence-electron chi connectivity index (χ1n) is 3.62. The summed E-state index contributed by atoms with van der Waals surface area (Å²) in [5.74, 6) is -0.762. The van der Waals surface area contributed by atoms with E-state index in [2.05, 4.69) is 21.3 Å². The molecule has 0 aliphatic rings. The standard InChI is InChI=1S/C8H8N2O4/c1-3-7(13)14-8(10-5-12)6(2)9-4-11/h3,6,8H,1H2,2H3. The van der Waals surface area contributed by atoms with Gasteiger partial charge in [0.25, 0.3) is 0 Å². The Labute approximate surface area is 80.0 Å². The van der Waals surface area contributed by atoms with Crippen LogP contribution in [0.3, 0.4) is 0 Å². The van der Waals surface area contributed by atoms with Crippen molar-refractivity contribution in [2.75, 3.05) is 0 Å². The minimum atomic E-state index is -1.17. The van der Waals surface area contributed by atoms with Crippen LogP contribution in [-0.4, -0.2) is 30.4 Å². The summed E-state index contributed by atoms with van der Waals surface area (Å²) in [5, 5.41) is 0. The molecule has 0 radical (unpaired) electrons. The molecule has 0 rings (SSSR count). The lowest BCUT2D eigenvalue weighted by Gasteiger charge is -2.12. The number of aliphatic imine (C=N–C) groups is 2. The molecule has 0 aliphatic carbocycles. The van der Waals surface area contributed by atoms with Gasteiger partial charge < -0.3 is 4.74 Å². The van der Waals surface area contributed by atoms with E-state index in [1.54, 1.807) is 0 Å². The van der Waals surface area contributed by atoms with Crippen LogP contribution in [-0.2, 0) is 19.1 Å². The third kappa shape index (κ3) is 4.11. The summed E-state index contributed by atoms with van der Waals surface area (Å²) in [7, 11) is 0. The SMILES string of the molecule is C=CC(=O)OC(N=C=O)C(C)N=C=O. The van der Waals surface area contributed by atoms with Crippen LogP contribution in [0.4, 0.5) is 0 Å². The van der Waals surface area contributed by atoms with Gasteiger partial charge in [-0.15, -0.1) is 0 Å². The summed E-state index contributed by atoms with van der Waals surface area (Å²) in [4.78, 5) is 37.0. The third-order valence-corrected chi connectivity index (χ3v) is 1.25. The molecule has 2 unspecified atom stereocenters. The number of rotatable bonds is 5. The smallest absolute Gasteiger partial charge is 0.332 e. The second-order valence-electron chi connectivity index (χ2n) is 2.21. The van der Waals surface area contributed by atoms with Gasteiger partial charge in [0, 0.05) is 6.08 Å². The van der Waals surface area contributed by atoms with E-state index < -0.39 is 18.2 Å². The highest BCUT2D eigenvalue weighted by atomic mass is 16.6. The van der Waals surface area contributed by atoms with E-state index >= 15 is 0 Å². The van der Waals surface area contributed by atoms with Gasteiger partial charge in [-0.25, -0.2) is 14.4 Å². The number of hydrogen-bond acceptors (Lipinski definition) is 6. The third-order valence-electron chi connectivity index (χ3n) is 1.25. The summed E-state index contributed by atoms with van der Waals surface area (Å²) in [6.45, 7) is 4.59. The van der Waals surface area contributed by atoms with Crippen molar-refractivity contribution in [3.05, 3.63) is 12.7 Å². The summed E-state index contributed by atoms with van der Waals surface area (Å²) in [6, 6.07) is -0.780. The molecule has 14 heavy (non-hydrogen) atoms. The first-order valence-corrected chi connectivity index (χ1v) is 3.62. The molecule has 0 bridgehead atoms. The monoisotopic (exact) mass is 196 g/mol. The molecular weight excluding hydrogens is 188 g/mol. The van der Waals surface area contributed by atoms with Gasteiger partial charge in [-0.3, -0.25) is 0 Å². The zero-order chi connectivity index (χ0) is 11.0. The Morgan fingerprint density at radius 3 is 2.43 bits per heavy atom. The number of esters is 1. The van der Waals surface area contributed by atoms with E-state index in [0.717, 1.165) is 6.08 Å². The van der Waals surface area contributed by atoms with Crippen molar-refractivity contribution < 1.29 is 19.1 Å². The molecule has 0 aromatic rings. The molecule has 0 aromatic heterocycles. The lowest BCUT2D eigenvalue weighted by Crippen LogP contribution is -2.25. The average molecular weight is 196 g/mol. The molecule has 0 saturated carbocycles. The Bertz CT molecular complexity index is 313. The minimum absolute atomic E-state index is 0.762. The molecule has 0 aliphatic heterocycles. The molecule has 0 amide bonds. The number of ether oxygens (including phenoxy) is 1. The lowest BCUT2D eigenvalue weighted by atomic mass is 10.3. The lowest BCUT2D eigenvalue weighted by molar-refractivity contribution is -0.143. The first kappa shape index (κ1) is 12.0. The van der Waals surface area contributed by atoms with Gasteiger partial charge in [0.15, 0.2) is 0 Å². The van der Waals surface area contributed by atoms with Gasteiger partial charge >= 0.3 is 5.97 Å². The van der Waals surface area contributed by atoms with Crippen LogP contribution in [0.1, 0.15) is 6.92 Å². The normalized spacial score (nSPS) is 12.6. The Morgan fingerprint density at radius 2 is 2.00 bits per heavy atom. The van der Waals surface area contributed by atoms with E-state index in [1.165, 1.54) is 19.1 Å². The number of isocyanates is 2. The molecule has 0 saturated heterocycles. The van der Waals surface area contributed by atoms with Crippen LogP contribution < -0.4 is 0 Å². The second-order valence-corrected chi connectivity index (χ2v) is 2.21. The summed E-state index contributed by atoms with van der Waals surface area (Å²) < 4.78 is 4.60. The van der Waals surface area contributed by atoms with Crippen molar-refractivity contribution in [1.29, 1.82) is 0 Å². The zero-order valence-corrected chi connectivity index (χ0v) is 7.47. The van der Waals surface area contributed by atoms with Crippen LogP contribution in [0.15, 0.2) is 22.6 Å². The van der Waals surface area contributed by atoms with Gasteiger partial charge in [0.1, 0.15) is 6.04 Å². The van der Waals surface area contributed by atoms with Crippen molar-refractivity contribution in [3.8, 4) is 0 Å². The van der Waals surface area contributed by atoms with E-state index in [-0.39, 0.29) is 0 Å². The van der Waals surface area contributed by atoms with E-state index in [9.17, 15) is 14.4 Å². The van der Waals surface area contributed by atoms with Crippen molar-refractivity contribution in [2.24, 2.45) is 9.98 Å². The Hall–Kier alpha value is -2.03. The largest absolute Gasteiger partial charge is 0.433 e. The van der Waals surface area contributed by atoms with Gasteiger partial charge in [0.05, 0.1) is 0 Å². The number of carbonyl (C=O) groups excluding carboxylic acids is 3. The predicted molar refractivity (Wildman–Crippen MR) is 45.8 cm³/mol. The van der Waals surface area contributed by atoms with Crippen LogP contribution in [0.2, 0.25) is 0 Å². The molecule has 0 fully saturated rings. The summed E-state index contributed by atoms with van der Waals surface area (Å²) in [5.41, 5.74) is 0. The minimum Gasteiger partial charge on any atom is -0.433 e. The maximum absolute atomic E-state index is 10.7. The van der Waals surface area contributed by atoms with E-state index in [1.807, 2.05) is 0 Å². The highest BCUT2D eigenvalue weighted by Crippen LogP contribution is 2.04. The van der Waals surface area contributed by atoms with Gasteiger partial charge in [0.2, 0.25) is 18.4 Å². The highest BCUT2D eigenvalue weighted by Gasteiger charge is 2.18. The summed E-state index contributed by atoms with van der Waals surface area (Å²) in [6.07, 6.45) is 2.22. The highest BCUT2D eigenvalue weighted by molar-refractivity contribution is 5.81. The number of nitrogens with zero attached hydrogens (tertiary/aromatic N) is 2. The predicted octanol–water partition coefficient (Wildman–Crippen LogP) is 0.102. The van der Waals surface area contributed by atoms with Crippen LogP contribution in [0.25, 0.3) is 0 Å². The molecule has 74 valence electrons. The summed E-state index contributed by atoms with van der Waals surface area (Å²) >= 11 is 0. The van der Waals surface area contributed by atoms with Crippen molar-refractivity contribution in [3.63, 3.8) is 0 Å². The molecule has 2 atom stereocenters.